The number of hydrogen-bond donors (Lipinski definition) is 1. The van der Waals surface area contributed by atoms with Gasteiger partial charge in [0.2, 0.25) is 0 Å². The van der Waals surface area contributed by atoms with Crippen molar-refractivity contribution in [1.29, 1.82) is 0 Å². The normalized spacial score (nSPS) is 26.2. The first-order valence-corrected chi connectivity index (χ1v) is 6.59. The highest BCUT2D eigenvalue weighted by molar-refractivity contribution is 5.69. The van der Waals surface area contributed by atoms with E-state index in [1.807, 2.05) is 20.8 Å². The van der Waals surface area contributed by atoms with Crippen molar-refractivity contribution in [2.75, 3.05) is 26.3 Å². The molecule has 2 heterocycles. The Morgan fingerprint density at radius 1 is 1.50 bits per heavy atom. The Morgan fingerprint density at radius 2 is 2.17 bits per heavy atom. The van der Waals surface area contributed by atoms with E-state index in [-0.39, 0.29) is 18.3 Å². The predicted molar refractivity (Wildman–Crippen MR) is 66.3 cm³/mol. The fourth-order valence-electron chi connectivity index (χ4n) is 2.75. The summed E-state index contributed by atoms with van der Waals surface area (Å²) in [5, 5.41) is 9.05. The van der Waals surface area contributed by atoms with Crippen LogP contribution in [0.4, 0.5) is 4.79 Å². The minimum Gasteiger partial charge on any atom is -0.444 e. The average molecular weight is 257 g/mol. The van der Waals surface area contributed by atoms with Gasteiger partial charge in [-0.15, -0.1) is 0 Å². The van der Waals surface area contributed by atoms with Crippen LogP contribution in [-0.4, -0.2) is 53.6 Å². The number of aliphatic hydroxyl groups excluding tert-OH is 1. The standard InChI is InChI=1S/C13H23NO4/c1-12(2,3)18-11(16)14-8-13(9-14)10(4-6-15)5-7-17-13/h10,15H,4-9H2,1-3H3/t10-/m0/s1. The van der Waals surface area contributed by atoms with Crippen molar-refractivity contribution in [3.05, 3.63) is 0 Å². The summed E-state index contributed by atoms with van der Waals surface area (Å²) >= 11 is 0. The average Bonchev–Trinajstić information content (AvgIpc) is 2.56. The van der Waals surface area contributed by atoms with Gasteiger partial charge in [-0.05, 0) is 39.5 Å². The molecule has 2 aliphatic heterocycles. The van der Waals surface area contributed by atoms with E-state index in [1.54, 1.807) is 4.90 Å². The molecule has 0 bridgehead atoms. The highest BCUT2D eigenvalue weighted by Crippen LogP contribution is 2.41. The first-order chi connectivity index (χ1) is 8.36. The van der Waals surface area contributed by atoms with Crippen LogP contribution in [0.3, 0.4) is 0 Å². The summed E-state index contributed by atoms with van der Waals surface area (Å²) in [6, 6.07) is 0. The molecule has 0 radical (unpaired) electrons. The molecule has 0 aromatic rings. The van der Waals surface area contributed by atoms with Crippen LogP contribution < -0.4 is 0 Å². The zero-order valence-electron chi connectivity index (χ0n) is 11.4. The maximum absolute atomic E-state index is 11.8. The van der Waals surface area contributed by atoms with Crippen LogP contribution in [0.25, 0.3) is 0 Å². The molecule has 0 aliphatic carbocycles. The third-order valence-corrected chi connectivity index (χ3v) is 3.65. The molecule has 1 N–H and O–H groups in total. The van der Waals surface area contributed by atoms with E-state index in [0.29, 0.717) is 19.0 Å². The number of rotatable bonds is 2. The number of carbonyl (C=O) groups excluding carboxylic acids is 1. The number of hydrogen-bond acceptors (Lipinski definition) is 4. The Kier molecular flexibility index (Phi) is 3.56. The van der Waals surface area contributed by atoms with Crippen molar-refractivity contribution < 1.29 is 19.4 Å². The molecular weight excluding hydrogens is 234 g/mol. The summed E-state index contributed by atoms with van der Waals surface area (Å²) < 4.78 is 11.1. The maximum Gasteiger partial charge on any atom is 0.410 e. The van der Waals surface area contributed by atoms with Crippen molar-refractivity contribution in [2.45, 2.75) is 44.8 Å². The lowest BCUT2D eigenvalue weighted by molar-refractivity contribution is -0.131. The minimum absolute atomic E-state index is 0.183. The lowest BCUT2D eigenvalue weighted by Gasteiger charge is -2.49. The van der Waals surface area contributed by atoms with Gasteiger partial charge in [0.05, 0.1) is 13.1 Å². The van der Waals surface area contributed by atoms with Gasteiger partial charge in [-0.3, -0.25) is 0 Å². The van der Waals surface area contributed by atoms with Gasteiger partial charge in [0, 0.05) is 13.2 Å². The Labute approximate surface area is 108 Å². The molecule has 1 amide bonds. The smallest absolute Gasteiger partial charge is 0.410 e. The van der Waals surface area contributed by atoms with Crippen LogP contribution in [0, 0.1) is 5.92 Å². The first-order valence-electron chi connectivity index (χ1n) is 6.59. The number of nitrogens with zero attached hydrogens (tertiary/aromatic N) is 1. The van der Waals surface area contributed by atoms with E-state index in [4.69, 9.17) is 14.6 Å². The first kappa shape index (κ1) is 13.6. The molecule has 0 unspecified atom stereocenters. The third-order valence-electron chi connectivity index (χ3n) is 3.65. The highest BCUT2D eigenvalue weighted by Gasteiger charge is 2.54. The van der Waals surface area contributed by atoms with E-state index in [0.717, 1.165) is 19.4 Å². The minimum atomic E-state index is -0.457. The molecule has 18 heavy (non-hydrogen) atoms. The summed E-state index contributed by atoms with van der Waals surface area (Å²) in [4.78, 5) is 13.5. The number of amides is 1. The third kappa shape index (κ3) is 2.62. The second-order valence-electron chi connectivity index (χ2n) is 6.25. The van der Waals surface area contributed by atoms with Crippen LogP contribution in [0.5, 0.6) is 0 Å². The molecule has 5 heteroatoms. The molecule has 2 saturated heterocycles. The molecule has 0 aromatic carbocycles. The van der Waals surface area contributed by atoms with E-state index < -0.39 is 5.60 Å². The number of ether oxygens (including phenoxy) is 2. The second-order valence-corrected chi connectivity index (χ2v) is 6.25. The van der Waals surface area contributed by atoms with Gasteiger partial charge in [-0.1, -0.05) is 0 Å². The molecule has 104 valence electrons. The van der Waals surface area contributed by atoms with Crippen LogP contribution in [-0.2, 0) is 9.47 Å². The van der Waals surface area contributed by atoms with Gasteiger partial charge in [0.1, 0.15) is 11.2 Å². The summed E-state index contributed by atoms with van der Waals surface area (Å²) in [7, 11) is 0. The molecule has 1 spiro atoms. The van der Waals surface area contributed by atoms with Gasteiger partial charge in [-0.25, -0.2) is 4.79 Å². The van der Waals surface area contributed by atoms with Gasteiger partial charge < -0.3 is 19.5 Å². The second kappa shape index (κ2) is 4.70. The quantitative estimate of drug-likeness (QED) is 0.812. The summed E-state index contributed by atoms with van der Waals surface area (Å²) in [5.41, 5.74) is -0.680. The molecule has 2 rings (SSSR count). The van der Waals surface area contributed by atoms with Gasteiger partial charge in [0.25, 0.3) is 0 Å². The van der Waals surface area contributed by atoms with Gasteiger partial charge in [-0.2, -0.15) is 0 Å². The summed E-state index contributed by atoms with van der Waals surface area (Å²) in [5.74, 6) is 0.362. The predicted octanol–water partition coefficient (Wildman–Crippen LogP) is 1.39. The van der Waals surface area contributed by atoms with Crippen molar-refractivity contribution in [2.24, 2.45) is 5.92 Å². The van der Waals surface area contributed by atoms with E-state index in [2.05, 4.69) is 0 Å². The van der Waals surface area contributed by atoms with Crippen LogP contribution in [0.15, 0.2) is 0 Å². The molecule has 1 atom stereocenters. The lowest BCUT2D eigenvalue weighted by Crippen LogP contribution is -2.66. The monoisotopic (exact) mass is 257 g/mol. The van der Waals surface area contributed by atoms with Crippen molar-refractivity contribution in [1.82, 2.24) is 4.90 Å². The molecule has 2 fully saturated rings. The van der Waals surface area contributed by atoms with Crippen molar-refractivity contribution in [3.8, 4) is 0 Å². The zero-order valence-corrected chi connectivity index (χ0v) is 11.4. The molecular formula is C13H23NO4. The Morgan fingerprint density at radius 3 is 2.72 bits per heavy atom. The van der Waals surface area contributed by atoms with Crippen LogP contribution in [0.1, 0.15) is 33.6 Å². The van der Waals surface area contributed by atoms with Gasteiger partial charge >= 0.3 is 6.09 Å². The number of likely N-dealkylation sites (tertiary alicyclic amines) is 1. The van der Waals surface area contributed by atoms with Crippen molar-refractivity contribution in [3.63, 3.8) is 0 Å². The van der Waals surface area contributed by atoms with E-state index in [1.165, 1.54) is 0 Å². The molecule has 0 aromatic heterocycles. The largest absolute Gasteiger partial charge is 0.444 e. The van der Waals surface area contributed by atoms with E-state index in [9.17, 15) is 4.79 Å². The van der Waals surface area contributed by atoms with Crippen molar-refractivity contribution >= 4 is 6.09 Å². The lowest BCUT2D eigenvalue weighted by atomic mass is 9.79. The fourth-order valence-corrected chi connectivity index (χ4v) is 2.75. The number of carbonyl (C=O) groups is 1. The maximum atomic E-state index is 11.8. The summed E-state index contributed by atoms with van der Waals surface area (Å²) in [6.45, 7) is 7.68. The van der Waals surface area contributed by atoms with Gasteiger partial charge in [0.15, 0.2) is 0 Å². The Balaban J connectivity index is 1.87. The van der Waals surface area contributed by atoms with Crippen LogP contribution in [0.2, 0.25) is 0 Å². The Hall–Kier alpha value is -0.810. The summed E-state index contributed by atoms with van der Waals surface area (Å²) in [6.07, 6.45) is 1.46. The molecule has 5 nitrogen and oxygen atoms in total. The Bertz CT molecular complexity index is 317. The SMILES string of the molecule is CC(C)(C)OC(=O)N1CC2(C1)OCC[C@@H]2CCO. The highest BCUT2D eigenvalue weighted by atomic mass is 16.6. The zero-order chi connectivity index (χ0) is 13.4. The van der Waals surface area contributed by atoms with Crippen LogP contribution >= 0.6 is 0 Å². The molecule has 2 aliphatic rings. The fraction of sp³-hybridized carbons (Fsp3) is 0.923. The number of aliphatic hydroxyl groups is 1. The van der Waals surface area contributed by atoms with E-state index >= 15 is 0 Å². The topological polar surface area (TPSA) is 59.0 Å². The molecule has 0 saturated carbocycles.